The molecule has 3 heteroatoms. The van der Waals surface area contributed by atoms with Gasteiger partial charge in [0.25, 0.3) is 0 Å². The van der Waals surface area contributed by atoms with Gasteiger partial charge in [-0.05, 0) is 48.7 Å². The molecule has 0 bridgehead atoms. The van der Waals surface area contributed by atoms with Crippen LogP contribution in [0.1, 0.15) is 17.5 Å². The number of nitrogens with one attached hydrogen (secondary N) is 1. The predicted molar refractivity (Wildman–Crippen MR) is 92.8 cm³/mol. The van der Waals surface area contributed by atoms with Gasteiger partial charge in [-0.15, -0.1) is 0 Å². The van der Waals surface area contributed by atoms with E-state index in [2.05, 4.69) is 64.8 Å². The molecule has 0 aromatic heterocycles. The van der Waals surface area contributed by atoms with E-state index < -0.39 is 0 Å². The van der Waals surface area contributed by atoms with Gasteiger partial charge in [0, 0.05) is 25.3 Å². The first-order chi connectivity index (χ1) is 10.8. The number of benzene rings is 2. The fourth-order valence-electron chi connectivity index (χ4n) is 3.09. The van der Waals surface area contributed by atoms with E-state index in [0.717, 1.165) is 32.1 Å². The molecule has 0 amide bonds. The Bertz CT molecular complexity index is 559. The van der Waals surface area contributed by atoms with Gasteiger partial charge in [-0.1, -0.05) is 42.5 Å². The van der Waals surface area contributed by atoms with Gasteiger partial charge in [0.2, 0.25) is 0 Å². The molecular formula is C19H25N3. The third-order valence-corrected chi connectivity index (χ3v) is 4.39. The SMILES string of the molecule is NCc1ccc(N(Cc2ccccc2)CC2CCNC2)cc1. The monoisotopic (exact) mass is 295 g/mol. The van der Waals surface area contributed by atoms with E-state index in [0.29, 0.717) is 6.54 Å². The fraction of sp³-hybridized carbons (Fsp3) is 0.368. The summed E-state index contributed by atoms with van der Waals surface area (Å²) in [6.07, 6.45) is 1.27. The largest absolute Gasteiger partial charge is 0.367 e. The van der Waals surface area contributed by atoms with Crippen LogP contribution in [0.15, 0.2) is 54.6 Å². The summed E-state index contributed by atoms with van der Waals surface area (Å²) in [7, 11) is 0. The van der Waals surface area contributed by atoms with Gasteiger partial charge in [-0.3, -0.25) is 0 Å². The van der Waals surface area contributed by atoms with Crippen LogP contribution in [0.25, 0.3) is 0 Å². The standard InChI is InChI=1S/C19H25N3/c20-12-16-6-8-19(9-7-16)22(15-18-10-11-21-13-18)14-17-4-2-1-3-5-17/h1-9,18,21H,10-15,20H2. The van der Waals surface area contributed by atoms with Gasteiger partial charge in [0.1, 0.15) is 0 Å². The van der Waals surface area contributed by atoms with Gasteiger partial charge >= 0.3 is 0 Å². The first-order valence-corrected chi connectivity index (χ1v) is 8.14. The van der Waals surface area contributed by atoms with Crippen molar-refractivity contribution in [2.75, 3.05) is 24.5 Å². The van der Waals surface area contributed by atoms with Crippen molar-refractivity contribution in [1.29, 1.82) is 0 Å². The molecule has 1 aliphatic rings. The highest BCUT2D eigenvalue weighted by Gasteiger charge is 2.18. The molecule has 3 nitrogen and oxygen atoms in total. The Morgan fingerprint density at radius 1 is 1.00 bits per heavy atom. The third-order valence-electron chi connectivity index (χ3n) is 4.39. The summed E-state index contributed by atoms with van der Waals surface area (Å²) < 4.78 is 0. The Balaban J connectivity index is 1.77. The van der Waals surface area contributed by atoms with Crippen LogP contribution >= 0.6 is 0 Å². The van der Waals surface area contributed by atoms with Gasteiger partial charge < -0.3 is 16.0 Å². The van der Waals surface area contributed by atoms with Crippen LogP contribution in [0, 0.1) is 5.92 Å². The van der Waals surface area contributed by atoms with Crippen LogP contribution in [-0.4, -0.2) is 19.6 Å². The lowest BCUT2D eigenvalue weighted by molar-refractivity contribution is 0.558. The van der Waals surface area contributed by atoms with Gasteiger partial charge in [-0.2, -0.15) is 0 Å². The van der Waals surface area contributed by atoms with Crippen molar-refractivity contribution in [2.24, 2.45) is 11.7 Å². The van der Waals surface area contributed by atoms with E-state index >= 15 is 0 Å². The van der Waals surface area contributed by atoms with Crippen LogP contribution in [0.3, 0.4) is 0 Å². The highest BCUT2D eigenvalue weighted by molar-refractivity contribution is 5.48. The molecule has 0 aliphatic carbocycles. The molecule has 3 N–H and O–H groups in total. The number of nitrogens with zero attached hydrogens (tertiary/aromatic N) is 1. The summed E-state index contributed by atoms with van der Waals surface area (Å²) in [6, 6.07) is 19.4. The van der Waals surface area contributed by atoms with Gasteiger partial charge in [0.15, 0.2) is 0 Å². The van der Waals surface area contributed by atoms with Gasteiger partial charge in [0.05, 0.1) is 0 Å². The lowest BCUT2D eigenvalue weighted by Crippen LogP contribution is -2.30. The Morgan fingerprint density at radius 2 is 1.77 bits per heavy atom. The minimum Gasteiger partial charge on any atom is -0.367 e. The molecule has 1 unspecified atom stereocenters. The second-order valence-electron chi connectivity index (χ2n) is 6.10. The molecule has 1 atom stereocenters. The van der Waals surface area contributed by atoms with Crippen molar-refractivity contribution in [1.82, 2.24) is 5.32 Å². The average molecular weight is 295 g/mol. The Morgan fingerprint density at radius 3 is 2.41 bits per heavy atom. The summed E-state index contributed by atoms with van der Waals surface area (Å²) in [5, 5.41) is 3.47. The number of hydrogen-bond acceptors (Lipinski definition) is 3. The molecule has 22 heavy (non-hydrogen) atoms. The molecular weight excluding hydrogens is 270 g/mol. The molecule has 2 aromatic carbocycles. The summed E-state index contributed by atoms with van der Waals surface area (Å²) in [5.74, 6) is 0.734. The van der Waals surface area contributed by atoms with Crippen molar-refractivity contribution in [2.45, 2.75) is 19.5 Å². The first-order valence-electron chi connectivity index (χ1n) is 8.14. The summed E-state index contributed by atoms with van der Waals surface area (Å²) in [4.78, 5) is 2.49. The van der Waals surface area contributed by atoms with Crippen LogP contribution < -0.4 is 16.0 Å². The van der Waals surface area contributed by atoms with Crippen molar-refractivity contribution in [3.05, 3.63) is 65.7 Å². The van der Waals surface area contributed by atoms with E-state index in [9.17, 15) is 0 Å². The maximum atomic E-state index is 5.71. The molecule has 0 saturated carbocycles. The molecule has 1 saturated heterocycles. The van der Waals surface area contributed by atoms with Crippen molar-refractivity contribution < 1.29 is 0 Å². The Hall–Kier alpha value is -1.84. The van der Waals surface area contributed by atoms with Crippen molar-refractivity contribution in [3.8, 4) is 0 Å². The number of anilines is 1. The number of rotatable bonds is 6. The molecule has 3 rings (SSSR count). The molecule has 1 heterocycles. The third kappa shape index (κ3) is 3.87. The molecule has 1 fully saturated rings. The Kier molecular flexibility index (Phi) is 5.09. The summed E-state index contributed by atoms with van der Waals surface area (Å²) in [5.41, 5.74) is 9.54. The molecule has 0 radical (unpaired) electrons. The van der Waals surface area contributed by atoms with Gasteiger partial charge in [-0.25, -0.2) is 0 Å². The lowest BCUT2D eigenvalue weighted by Gasteiger charge is -2.28. The predicted octanol–water partition coefficient (Wildman–Crippen LogP) is 2.76. The van der Waals surface area contributed by atoms with E-state index in [1.54, 1.807) is 0 Å². The van der Waals surface area contributed by atoms with Crippen LogP contribution in [0.5, 0.6) is 0 Å². The Labute approximate surface area is 133 Å². The number of hydrogen-bond donors (Lipinski definition) is 2. The molecule has 2 aromatic rings. The zero-order valence-electron chi connectivity index (χ0n) is 13.0. The second-order valence-corrected chi connectivity index (χ2v) is 6.10. The zero-order valence-corrected chi connectivity index (χ0v) is 13.0. The van der Waals surface area contributed by atoms with Crippen LogP contribution in [0.2, 0.25) is 0 Å². The smallest absolute Gasteiger partial charge is 0.0429 e. The topological polar surface area (TPSA) is 41.3 Å². The normalized spacial score (nSPS) is 17.6. The lowest BCUT2D eigenvalue weighted by atomic mass is 10.1. The van der Waals surface area contributed by atoms with E-state index in [1.807, 2.05) is 0 Å². The fourth-order valence-corrected chi connectivity index (χ4v) is 3.09. The van der Waals surface area contributed by atoms with Crippen molar-refractivity contribution >= 4 is 5.69 Å². The highest BCUT2D eigenvalue weighted by Crippen LogP contribution is 2.21. The van der Waals surface area contributed by atoms with Crippen LogP contribution in [0.4, 0.5) is 5.69 Å². The average Bonchev–Trinajstić information content (AvgIpc) is 3.08. The molecule has 1 aliphatic heterocycles. The van der Waals surface area contributed by atoms with E-state index in [1.165, 1.54) is 23.2 Å². The highest BCUT2D eigenvalue weighted by atomic mass is 15.1. The maximum absolute atomic E-state index is 5.71. The van der Waals surface area contributed by atoms with E-state index in [-0.39, 0.29) is 0 Å². The molecule has 0 spiro atoms. The molecule has 116 valence electrons. The summed E-state index contributed by atoms with van der Waals surface area (Å²) >= 11 is 0. The first kappa shape index (κ1) is 15.1. The minimum absolute atomic E-state index is 0.603. The van der Waals surface area contributed by atoms with E-state index in [4.69, 9.17) is 5.73 Å². The minimum atomic E-state index is 0.603. The maximum Gasteiger partial charge on any atom is 0.0429 e. The van der Waals surface area contributed by atoms with Crippen LogP contribution in [-0.2, 0) is 13.1 Å². The van der Waals surface area contributed by atoms with Crippen molar-refractivity contribution in [3.63, 3.8) is 0 Å². The zero-order chi connectivity index (χ0) is 15.2. The second kappa shape index (κ2) is 7.43. The summed E-state index contributed by atoms with van der Waals surface area (Å²) in [6.45, 7) is 4.94. The quantitative estimate of drug-likeness (QED) is 0.861. The number of nitrogens with two attached hydrogens (primary N) is 1.